The normalized spacial score (nSPS) is 17.2. The van der Waals surface area contributed by atoms with Crippen molar-refractivity contribution < 1.29 is 4.74 Å². The number of methoxy groups -OCH3 is 1. The molecule has 140 valence electrons. The number of rotatable bonds is 7. The van der Waals surface area contributed by atoms with Crippen LogP contribution >= 0.6 is 0 Å². The SMILES string of the molecule is CCC1CCCCN1c1cc(C)nc(NCCc2ccc(OC)cc2)n1. The number of anilines is 2. The van der Waals surface area contributed by atoms with Crippen molar-refractivity contribution >= 4 is 11.8 Å². The fourth-order valence-corrected chi connectivity index (χ4v) is 3.62. The molecule has 3 rings (SSSR count). The molecule has 0 saturated carbocycles. The lowest BCUT2D eigenvalue weighted by molar-refractivity contribution is 0.414. The lowest BCUT2D eigenvalue weighted by Gasteiger charge is -2.36. The van der Waals surface area contributed by atoms with Crippen LogP contribution in [0.3, 0.4) is 0 Å². The Morgan fingerprint density at radius 3 is 2.73 bits per heavy atom. The van der Waals surface area contributed by atoms with Crippen LogP contribution in [0.25, 0.3) is 0 Å². The standard InChI is InChI=1S/C21H30N4O/c1-4-18-7-5-6-14-25(18)20-15-16(2)23-21(24-20)22-13-12-17-8-10-19(26-3)11-9-17/h8-11,15,18H,4-7,12-14H2,1-3H3,(H,22,23,24). The maximum Gasteiger partial charge on any atom is 0.224 e. The van der Waals surface area contributed by atoms with Gasteiger partial charge in [-0.1, -0.05) is 19.1 Å². The Bertz CT molecular complexity index is 702. The van der Waals surface area contributed by atoms with E-state index in [0.29, 0.717) is 6.04 Å². The lowest BCUT2D eigenvalue weighted by Crippen LogP contribution is -2.39. The van der Waals surface area contributed by atoms with E-state index >= 15 is 0 Å². The highest BCUT2D eigenvalue weighted by Gasteiger charge is 2.22. The van der Waals surface area contributed by atoms with Crippen molar-refractivity contribution in [3.63, 3.8) is 0 Å². The molecule has 0 aliphatic carbocycles. The molecule has 2 heterocycles. The van der Waals surface area contributed by atoms with E-state index in [4.69, 9.17) is 9.72 Å². The minimum Gasteiger partial charge on any atom is -0.497 e. The number of ether oxygens (including phenoxy) is 1. The van der Waals surface area contributed by atoms with Gasteiger partial charge in [-0.15, -0.1) is 0 Å². The summed E-state index contributed by atoms with van der Waals surface area (Å²) < 4.78 is 5.20. The first-order valence-corrected chi connectivity index (χ1v) is 9.68. The van der Waals surface area contributed by atoms with Gasteiger partial charge in [-0.3, -0.25) is 0 Å². The van der Waals surface area contributed by atoms with Gasteiger partial charge in [-0.05, 0) is 56.7 Å². The van der Waals surface area contributed by atoms with Gasteiger partial charge in [0.1, 0.15) is 11.6 Å². The van der Waals surface area contributed by atoms with Crippen molar-refractivity contribution in [1.29, 1.82) is 0 Å². The van der Waals surface area contributed by atoms with Gasteiger partial charge in [0.15, 0.2) is 0 Å². The zero-order valence-corrected chi connectivity index (χ0v) is 16.2. The molecule has 1 fully saturated rings. The highest BCUT2D eigenvalue weighted by molar-refractivity contribution is 5.46. The van der Waals surface area contributed by atoms with Gasteiger partial charge < -0.3 is 15.0 Å². The quantitative estimate of drug-likeness (QED) is 0.807. The first-order chi connectivity index (χ1) is 12.7. The van der Waals surface area contributed by atoms with Crippen LogP contribution in [0.1, 0.15) is 43.9 Å². The predicted molar refractivity (Wildman–Crippen MR) is 107 cm³/mol. The minimum absolute atomic E-state index is 0.602. The molecule has 1 aromatic heterocycles. The number of piperidine rings is 1. The summed E-state index contributed by atoms with van der Waals surface area (Å²) in [7, 11) is 1.69. The van der Waals surface area contributed by atoms with Gasteiger partial charge in [-0.2, -0.15) is 4.98 Å². The molecule has 1 aliphatic heterocycles. The monoisotopic (exact) mass is 354 g/mol. The Kier molecular flexibility index (Phi) is 6.31. The van der Waals surface area contributed by atoms with Crippen molar-refractivity contribution in [3.05, 3.63) is 41.6 Å². The van der Waals surface area contributed by atoms with Gasteiger partial charge in [0.25, 0.3) is 0 Å². The third-order valence-corrected chi connectivity index (χ3v) is 5.09. The zero-order valence-electron chi connectivity index (χ0n) is 16.2. The van der Waals surface area contributed by atoms with Crippen molar-refractivity contribution in [2.24, 2.45) is 0 Å². The molecule has 0 spiro atoms. The summed E-state index contributed by atoms with van der Waals surface area (Å²) in [5.41, 5.74) is 2.29. The number of aryl methyl sites for hydroxylation is 1. The van der Waals surface area contributed by atoms with Crippen LogP contribution in [0.2, 0.25) is 0 Å². The number of hydrogen-bond donors (Lipinski definition) is 1. The van der Waals surface area contributed by atoms with Gasteiger partial charge in [-0.25, -0.2) is 4.98 Å². The summed E-state index contributed by atoms with van der Waals surface area (Å²) in [6.45, 7) is 6.22. The summed E-state index contributed by atoms with van der Waals surface area (Å²) in [5, 5.41) is 3.39. The average molecular weight is 354 g/mol. The second kappa shape index (κ2) is 8.88. The molecule has 1 aliphatic rings. The predicted octanol–water partition coefficient (Wildman–Crippen LogP) is 4.22. The van der Waals surface area contributed by atoms with Gasteiger partial charge >= 0.3 is 0 Å². The summed E-state index contributed by atoms with van der Waals surface area (Å²) in [6, 6.07) is 10.9. The third-order valence-electron chi connectivity index (χ3n) is 5.09. The van der Waals surface area contributed by atoms with Gasteiger partial charge in [0.05, 0.1) is 7.11 Å². The number of hydrogen-bond acceptors (Lipinski definition) is 5. The summed E-state index contributed by atoms with van der Waals surface area (Å²) in [4.78, 5) is 11.8. The number of nitrogens with zero attached hydrogens (tertiary/aromatic N) is 3. The Labute approximate surface area is 156 Å². The second-order valence-electron chi connectivity index (χ2n) is 6.97. The highest BCUT2D eigenvalue weighted by Crippen LogP contribution is 2.26. The van der Waals surface area contributed by atoms with Crippen LogP contribution < -0.4 is 15.0 Å². The lowest BCUT2D eigenvalue weighted by atomic mass is 10.00. The van der Waals surface area contributed by atoms with E-state index in [1.54, 1.807) is 7.11 Å². The Balaban J connectivity index is 1.63. The number of nitrogens with one attached hydrogen (secondary N) is 1. The average Bonchev–Trinajstić information content (AvgIpc) is 2.68. The van der Waals surface area contributed by atoms with E-state index in [9.17, 15) is 0 Å². The molecular weight excluding hydrogens is 324 g/mol. The molecule has 1 atom stereocenters. The molecule has 1 saturated heterocycles. The molecule has 1 unspecified atom stereocenters. The molecule has 1 aromatic carbocycles. The van der Waals surface area contributed by atoms with Crippen LogP contribution in [-0.4, -0.2) is 36.2 Å². The summed E-state index contributed by atoms with van der Waals surface area (Å²) in [5.74, 6) is 2.69. The van der Waals surface area contributed by atoms with Crippen LogP contribution in [0.4, 0.5) is 11.8 Å². The fraction of sp³-hybridized carbons (Fsp3) is 0.524. The van der Waals surface area contributed by atoms with Crippen molar-refractivity contribution in [3.8, 4) is 5.75 Å². The Hall–Kier alpha value is -2.30. The largest absolute Gasteiger partial charge is 0.497 e. The highest BCUT2D eigenvalue weighted by atomic mass is 16.5. The van der Waals surface area contributed by atoms with Gasteiger partial charge in [0.2, 0.25) is 5.95 Å². The van der Waals surface area contributed by atoms with Crippen molar-refractivity contribution in [2.75, 3.05) is 30.4 Å². The van der Waals surface area contributed by atoms with Crippen LogP contribution in [-0.2, 0) is 6.42 Å². The Morgan fingerprint density at radius 1 is 1.19 bits per heavy atom. The molecule has 1 N–H and O–H groups in total. The van der Waals surface area contributed by atoms with E-state index in [1.165, 1.54) is 31.2 Å². The topological polar surface area (TPSA) is 50.3 Å². The molecule has 0 bridgehead atoms. The number of aromatic nitrogens is 2. The van der Waals surface area contributed by atoms with Crippen molar-refractivity contribution in [2.45, 2.75) is 52.0 Å². The molecular formula is C21H30N4O. The van der Waals surface area contributed by atoms with E-state index in [-0.39, 0.29) is 0 Å². The Morgan fingerprint density at radius 2 is 2.00 bits per heavy atom. The fourth-order valence-electron chi connectivity index (χ4n) is 3.62. The molecule has 26 heavy (non-hydrogen) atoms. The minimum atomic E-state index is 0.602. The van der Waals surface area contributed by atoms with Crippen LogP contribution in [0.15, 0.2) is 30.3 Å². The van der Waals surface area contributed by atoms with E-state index in [1.807, 2.05) is 19.1 Å². The van der Waals surface area contributed by atoms with Crippen molar-refractivity contribution in [1.82, 2.24) is 9.97 Å². The smallest absolute Gasteiger partial charge is 0.224 e. The van der Waals surface area contributed by atoms with Crippen LogP contribution in [0, 0.1) is 6.92 Å². The molecule has 5 nitrogen and oxygen atoms in total. The van der Waals surface area contributed by atoms with E-state index in [0.717, 1.165) is 42.7 Å². The zero-order chi connectivity index (χ0) is 18.4. The summed E-state index contributed by atoms with van der Waals surface area (Å²) >= 11 is 0. The maximum absolute atomic E-state index is 5.20. The maximum atomic E-state index is 5.20. The van der Waals surface area contributed by atoms with E-state index < -0.39 is 0 Å². The van der Waals surface area contributed by atoms with Gasteiger partial charge in [0, 0.05) is 30.9 Å². The first-order valence-electron chi connectivity index (χ1n) is 9.68. The number of benzene rings is 1. The molecule has 5 heteroatoms. The molecule has 0 amide bonds. The van der Waals surface area contributed by atoms with E-state index in [2.05, 4.69) is 40.3 Å². The second-order valence-corrected chi connectivity index (χ2v) is 6.97. The molecule has 2 aromatic rings. The first kappa shape index (κ1) is 18.5. The van der Waals surface area contributed by atoms with Crippen LogP contribution in [0.5, 0.6) is 5.75 Å². The summed E-state index contributed by atoms with van der Waals surface area (Å²) in [6.07, 6.45) is 5.94. The molecule has 0 radical (unpaired) electrons. The third kappa shape index (κ3) is 4.65.